The molecule has 4 heteroatoms. The summed E-state index contributed by atoms with van der Waals surface area (Å²) in [5.74, 6) is 0.0407. The van der Waals surface area contributed by atoms with Crippen LogP contribution in [0.1, 0.15) is 25.3 Å². The zero-order valence-corrected chi connectivity index (χ0v) is 12.6. The second-order valence-corrected chi connectivity index (χ2v) is 6.22. The zero-order valence-electron chi connectivity index (χ0n) is 11.9. The van der Waals surface area contributed by atoms with Gasteiger partial charge >= 0.3 is 0 Å². The lowest BCUT2D eigenvalue weighted by atomic mass is 9.92. The third kappa shape index (κ3) is 1.97. The SMILES string of the molecule is O=C1CCC(n2c3ccccc3c3ccc(Cl)cc32)C(=O)C1. The van der Waals surface area contributed by atoms with Crippen LogP contribution >= 0.6 is 11.6 Å². The van der Waals surface area contributed by atoms with Crippen LogP contribution in [0.2, 0.25) is 5.02 Å². The number of benzene rings is 2. The molecule has 0 bridgehead atoms. The van der Waals surface area contributed by atoms with E-state index in [1.165, 1.54) is 0 Å². The van der Waals surface area contributed by atoms with Crippen molar-refractivity contribution in [3.05, 3.63) is 47.5 Å². The second-order valence-electron chi connectivity index (χ2n) is 5.78. The molecule has 3 nitrogen and oxygen atoms in total. The highest BCUT2D eigenvalue weighted by atomic mass is 35.5. The van der Waals surface area contributed by atoms with Gasteiger partial charge in [0.05, 0.1) is 18.0 Å². The normalized spacial score (nSPS) is 19.2. The Morgan fingerprint density at radius 1 is 1.00 bits per heavy atom. The number of hydrogen-bond acceptors (Lipinski definition) is 2. The molecule has 4 rings (SSSR count). The maximum Gasteiger partial charge on any atom is 0.162 e. The van der Waals surface area contributed by atoms with Crippen LogP contribution in [0.4, 0.5) is 0 Å². The number of ketones is 2. The highest BCUT2D eigenvalue weighted by molar-refractivity contribution is 6.31. The largest absolute Gasteiger partial charge is 0.330 e. The van der Waals surface area contributed by atoms with Gasteiger partial charge in [0.2, 0.25) is 0 Å². The van der Waals surface area contributed by atoms with E-state index in [-0.39, 0.29) is 24.0 Å². The number of carbonyl (C=O) groups excluding carboxylic acids is 2. The van der Waals surface area contributed by atoms with Crippen molar-refractivity contribution >= 4 is 45.0 Å². The Labute approximate surface area is 132 Å². The molecule has 1 aliphatic carbocycles. The quantitative estimate of drug-likeness (QED) is 0.628. The maximum absolute atomic E-state index is 12.4. The molecule has 1 unspecified atom stereocenters. The molecule has 0 radical (unpaired) electrons. The summed E-state index contributed by atoms with van der Waals surface area (Å²) in [6, 6.07) is 13.5. The first-order chi connectivity index (χ1) is 10.6. The fourth-order valence-electron chi connectivity index (χ4n) is 3.44. The van der Waals surface area contributed by atoms with E-state index >= 15 is 0 Å². The summed E-state index contributed by atoms with van der Waals surface area (Å²) < 4.78 is 2.06. The molecule has 1 heterocycles. The lowest BCUT2D eigenvalue weighted by Gasteiger charge is -2.23. The molecule has 1 fully saturated rings. The first kappa shape index (κ1) is 13.5. The fraction of sp³-hybridized carbons (Fsp3) is 0.222. The van der Waals surface area contributed by atoms with Gasteiger partial charge in [0.15, 0.2) is 5.78 Å². The van der Waals surface area contributed by atoms with Gasteiger partial charge in [0, 0.05) is 27.7 Å². The van der Waals surface area contributed by atoms with Crippen LogP contribution in [0.3, 0.4) is 0 Å². The summed E-state index contributed by atoms with van der Waals surface area (Å²) in [7, 11) is 0. The molecule has 22 heavy (non-hydrogen) atoms. The third-order valence-corrected chi connectivity index (χ3v) is 4.66. The van der Waals surface area contributed by atoms with Crippen LogP contribution in [0.25, 0.3) is 21.8 Å². The Kier molecular flexibility index (Phi) is 3.05. The molecular weight excluding hydrogens is 298 g/mol. The Morgan fingerprint density at radius 2 is 1.77 bits per heavy atom. The van der Waals surface area contributed by atoms with E-state index in [9.17, 15) is 9.59 Å². The molecule has 1 saturated carbocycles. The summed E-state index contributed by atoms with van der Waals surface area (Å²) in [4.78, 5) is 23.9. The summed E-state index contributed by atoms with van der Waals surface area (Å²) in [6.45, 7) is 0. The van der Waals surface area contributed by atoms with Crippen molar-refractivity contribution in [1.82, 2.24) is 4.57 Å². The van der Waals surface area contributed by atoms with Gasteiger partial charge in [-0.3, -0.25) is 9.59 Å². The van der Waals surface area contributed by atoms with Gasteiger partial charge in [-0.2, -0.15) is 0 Å². The fourth-order valence-corrected chi connectivity index (χ4v) is 3.61. The smallest absolute Gasteiger partial charge is 0.162 e. The summed E-state index contributed by atoms with van der Waals surface area (Å²) >= 11 is 6.16. The van der Waals surface area contributed by atoms with Gasteiger partial charge in [-0.05, 0) is 24.6 Å². The molecular formula is C18H14ClNO2. The van der Waals surface area contributed by atoms with Gasteiger partial charge in [-0.15, -0.1) is 0 Å². The summed E-state index contributed by atoms with van der Waals surface area (Å²) in [6.07, 6.45) is 1.07. The van der Waals surface area contributed by atoms with Crippen LogP contribution in [-0.2, 0) is 9.59 Å². The Balaban J connectivity index is 2.04. The minimum atomic E-state index is -0.279. The van der Waals surface area contributed by atoms with E-state index in [0.717, 1.165) is 21.8 Å². The van der Waals surface area contributed by atoms with Gasteiger partial charge < -0.3 is 4.57 Å². The number of carbonyl (C=O) groups is 2. The minimum absolute atomic E-state index is 0.00104. The molecule has 110 valence electrons. The standard InChI is InChI=1S/C18H14ClNO2/c19-11-5-7-14-13-3-1-2-4-15(13)20(17(14)9-11)16-8-6-12(21)10-18(16)22/h1-5,7,9,16H,6,8,10H2. The monoisotopic (exact) mass is 311 g/mol. The molecule has 1 atom stereocenters. The van der Waals surface area contributed by atoms with Crippen LogP contribution in [0.15, 0.2) is 42.5 Å². The van der Waals surface area contributed by atoms with Gasteiger partial charge in [-0.1, -0.05) is 35.9 Å². The first-order valence-electron chi connectivity index (χ1n) is 7.38. The third-order valence-electron chi connectivity index (χ3n) is 4.42. The molecule has 0 spiro atoms. The molecule has 2 aromatic carbocycles. The van der Waals surface area contributed by atoms with Crippen LogP contribution in [0.5, 0.6) is 0 Å². The zero-order chi connectivity index (χ0) is 15.3. The molecule has 0 N–H and O–H groups in total. The topological polar surface area (TPSA) is 39.1 Å². The average molecular weight is 312 g/mol. The lowest BCUT2D eigenvalue weighted by molar-refractivity contribution is -0.131. The van der Waals surface area contributed by atoms with Crippen molar-refractivity contribution in [3.63, 3.8) is 0 Å². The van der Waals surface area contributed by atoms with Gasteiger partial charge in [0.1, 0.15) is 5.78 Å². The van der Waals surface area contributed by atoms with Crippen molar-refractivity contribution in [2.24, 2.45) is 0 Å². The van der Waals surface area contributed by atoms with Crippen molar-refractivity contribution in [2.75, 3.05) is 0 Å². The van der Waals surface area contributed by atoms with E-state index in [1.807, 2.05) is 36.4 Å². The number of hydrogen-bond donors (Lipinski definition) is 0. The molecule has 3 aromatic rings. The average Bonchev–Trinajstić information content (AvgIpc) is 2.81. The first-order valence-corrected chi connectivity index (χ1v) is 7.75. The number of para-hydroxylation sites is 1. The highest BCUT2D eigenvalue weighted by Gasteiger charge is 2.30. The van der Waals surface area contributed by atoms with Crippen molar-refractivity contribution in [3.8, 4) is 0 Å². The van der Waals surface area contributed by atoms with Crippen molar-refractivity contribution in [2.45, 2.75) is 25.3 Å². The maximum atomic E-state index is 12.4. The lowest BCUT2D eigenvalue weighted by Crippen LogP contribution is -2.27. The molecule has 1 aromatic heterocycles. The van der Waals surface area contributed by atoms with E-state index in [0.29, 0.717) is 17.9 Å². The van der Waals surface area contributed by atoms with Crippen molar-refractivity contribution in [1.29, 1.82) is 0 Å². The Morgan fingerprint density at radius 3 is 2.59 bits per heavy atom. The Bertz CT molecular complexity index is 925. The number of halogens is 1. The van der Waals surface area contributed by atoms with E-state index in [4.69, 9.17) is 11.6 Å². The molecule has 0 aliphatic heterocycles. The molecule has 0 amide bonds. The van der Waals surface area contributed by atoms with Crippen LogP contribution in [0, 0.1) is 0 Å². The predicted octanol–water partition coefficient (Wildman–Crippen LogP) is 4.31. The van der Waals surface area contributed by atoms with Gasteiger partial charge in [-0.25, -0.2) is 0 Å². The van der Waals surface area contributed by atoms with Crippen LogP contribution in [-0.4, -0.2) is 16.1 Å². The second kappa shape index (κ2) is 4.96. The number of rotatable bonds is 1. The number of fused-ring (bicyclic) bond motifs is 3. The van der Waals surface area contributed by atoms with E-state index < -0.39 is 0 Å². The van der Waals surface area contributed by atoms with Gasteiger partial charge in [0.25, 0.3) is 0 Å². The predicted molar refractivity (Wildman–Crippen MR) is 87.4 cm³/mol. The number of aromatic nitrogens is 1. The Hall–Kier alpha value is -2.13. The highest BCUT2D eigenvalue weighted by Crippen LogP contribution is 2.36. The van der Waals surface area contributed by atoms with Crippen molar-refractivity contribution < 1.29 is 9.59 Å². The number of Topliss-reactive ketones (excluding diaryl/α,β-unsaturated/α-hetero) is 2. The minimum Gasteiger partial charge on any atom is -0.330 e. The van der Waals surface area contributed by atoms with Crippen LogP contribution < -0.4 is 0 Å². The molecule has 1 aliphatic rings. The summed E-state index contributed by atoms with van der Waals surface area (Å²) in [5.41, 5.74) is 1.98. The van der Waals surface area contributed by atoms with E-state index in [2.05, 4.69) is 10.6 Å². The van der Waals surface area contributed by atoms with E-state index in [1.54, 1.807) is 0 Å². The summed E-state index contributed by atoms with van der Waals surface area (Å²) in [5, 5.41) is 2.85. The molecule has 0 saturated heterocycles. The number of nitrogens with zero attached hydrogens (tertiary/aromatic N) is 1.